The first-order valence-corrected chi connectivity index (χ1v) is 5.85. The fourth-order valence-corrected chi connectivity index (χ4v) is 2.73. The molecule has 4 nitrogen and oxygen atoms in total. The lowest BCUT2D eigenvalue weighted by atomic mass is 9.62. The van der Waals surface area contributed by atoms with E-state index in [1.165, 1.54) is 0 Å². The number of aliphatic carboxylic acids is 1. The molecule has 0 bridgehead atoms. The van der Waals surface area contributed by atoms with Crippen molar-refractivity contribution in [3.05, 3.63) is 30.1 Å². The second kappa shape index (κ2) is 3.58. The molecular weight excluding hydrogens is 216 g/mol. The van der Waals surface area contributed by atoms with Crippen LogP contribution in [0.4, 0.5) is 0 Å². The lowest BCUT2D eigenvalue weighted by Crippen LogP contribution is -2.36. The standard InChI is InChI=1S/C13H14N2O2/c16-12(17)7-13(4-1-5-13)9-2-3-10-11(6-9)15-8-14-10/h2-3,6,8H,1,4-5,7H2,(H,14,15)(H,16,17). The first-order chi connectivity index (χ1) is 8.20. The van der Waals surface area contributed by atoms with Crippen LogP contribution in [-0.2, 0) is 10.2 Å². The van der Waals surface area contributed by atoms with Crippen LogP contribution in [0.15, 0.2) is 24.5 Å². The number of H-pyrrole nitrogens is 1. The number of benzene rings is 1. The number of hydrogen-bond acceptors (Lipinski definition) is 2. The van der Waals surface area contributed by atoms with E-state index in [0.717, 1.165) is 35.9 Å². The smallest absolute Gasteiger partial charge is 0.304 e. The van der Waals surface area contributed by atoms with Gasteiger partial charge in [-0.2, -0.15) is 0 Å². The van der Waals surface area contributed by atoms with E-state index in [-0.39, 0.29) is 11.8 Å². The van der Waals surface area contributed by atoms with Crippen molar-refractivity contribution in [2.45, 2.75) is 31.1 Å². The number of imidazole rings is 1. The van der Waals surface area contributed by atoms with Gasteiger partial charge in [0.25, 0.3) is 0 Å². The van der Waals surface area contributed by atoms with Crippen LogP contribution < -0.4 is 0 Å². The van der Waals surface area contributed by atoms with Crippen molar-refractivity contribution in [2.24, 2.45) is 0 Å². The molecule has 1 fully saturated rings. The average molecular weight is 230 g/mol. The molecule has 0 aliphatic heterocycles. The molecule has 1 aromatic carbocycles. The molecule has 4 heteroatoms. The molecule has 1 aromatic heterocycles. The van der Waals surface area contributed by atoms with Crippen LogP contribution in [-0.4, -0.2) is 21.0 Å². The van der Waals surface area contributed by atoms with Gasteiger partial charge in [0, 0.05) is 5.41 Å². The Morgan fingerprint density at radius 2 is 2.29 bits per heavy atom. The van der Waals surface area contributed by atoms with Gasteiger partial charge in [-0.3, -0.25) is 4.79 Å². The molecule has 0 atom stereocenters. The van der Waals surface area contributed by atoms with Crippen molar-refractivity contribution in [1.29, 1.82) is 0 Å². The van der Waals surface area contributed by atoms with E-state index in [0.29, 0.717) is 0 Å². The summed E-state index contributed by atoms with van der Waals surface area (Å²) >= 11 is 0. The third-order valence-electron chi connectivity index (χ3n) is 3.83. The van der Waals surface area contributed by atoms with E-state index in [9.17, 15) is 4.79 Å². The van der Waals surface area contributed by atoms with Crippen molar-refractivity contribution >= 4 is 17.0 Å². The second-order valence-corrected chi connectivity index (χ2v) is 4.84. The number of aromatic amines is 1. The minimum absolute atomic E-state index is 0.148. The first kappa shape index (κ1) is 10.3. The number of nitrogens with one attached hydrogen (secondary N) is 1. The molecule has 1 saturated carbocycles. The van der Waals surface area contributed by atoms with E-state index in [1.54, 1.807) is 6.33 Å². The fraction of sp³-hybridized carbons (Fsp3) is 0.385. The molecule has 0 radical (unpaired) electrons. The van der Waals surface area contributed by atoms with Crippen LogP contribution >= 0.6 is 0 Å². The highest BCUT2D eigenvalue weighted by molar-refractivity contribution is 5.76. The summed E-state index contributed by atoms with van der Waals surface area (Å²) in [4.78, 5) is 18.2. The molecule has 3 rings (SSSR count). The van der Waals surface area contributed by atoms with Gasteiger partial charge in [0.15, 0.2) is 0 Å². The molecular formula is C13H14N2O2. The van der Waals surface area contributed by atoms with Gasteiger partial charge in [-0.15, -0.1) is 0 Å². The lowest BCUT2D eigenvalue weighted by Gasteiger charge is -2.41. The average Bonchev–Trinajstić information content (AvgIpc) is 2.69. The van der Waals surface area contributed by atoms with E-state index in [2.05, 4.69) is 9.97 Å². The molecule has 2 N–H and O–H groups in total. The largest absolute Gasteiger partial charge is 0.481 e. The van der Waals surface area contributed by atoms with Gasteiger partial charge in [0.2, 0.25) is 0 Å². The number of aromatic nitrogens is 2. The highest BCUT2D eigenvalue weighted by atomic mass is 16.4. The normalized spacial score (nSPS) is 17.9. The topological polar surface area (TPSA) is 66.0 Å². The number of rotatable bonds is 3. The quantitative estimate of drug-likeness (QED) is 0.851. The molecule has 0 amide bonds. The third kappa shape index (κ3) is 1.60. The van der Waals surface area contributed by atoms with Crippen LogP contribution in [0, 0.1) is 0 Å². The number of carboxylic acids is 1. The highest BCUT2D eigenvalue weighted by Crippen LogP contribution is 2.46. The Labute approximate surface area is 98.7 Å². The summed E-state index contributed by atoms with van der Waals surface area (Å²) < 4.78 is 0. The summed E-state index contributed by atoms with van der Waals surface area (Å²) in [6.45, 7) is 0. The Hall–Kier alpha value is -1.84. The monoisotopic (exact) mass is 230 g/mol. The van der Waals surface area contributed by atoms with Gasteiger partial charge in [-0.1, -0.05) is 12.5 Å². The minimum Gasteiger partial charge on any atom is -0.481 e. The zero-order valence-electron chi connectivity index (χ0n) is 9.44. The molecule has 0 spiro atoms. The number of hydrogen-bond donors (Lipinski definition) is 2. The maximum Gasteiger partial charge on any atom is 0.304 e. The van der Waals surface area contributed by atoms with Crippen LogP contribution in [0.2, 0.25) is 0 Å². The number of fused-ring (bicyclic) bond motifs is 1. The van der Waals surface area contributed by atoms with Crippen LogP contribution in [0.1, 0.15) is 31.2 Å². The van der Waals surface area contributed by atoms with E-state index < -0.39 is 5.97 Å². The van der Waals surface area contributed by atoms with Crippen molar-refractivity contribution < 1.29 is 9.90 Å². The second-order valence-electron chi connectivity index (χ2n) is 4.84. The SMILES string of the molecule is O=C(O)CC1(c2ccc3nc[nH]c3c2)CCC1. The molecule has 1 aliphatic rings. The van der Waals surface area contributed by atoms with Crippen LogP contribution in [0.3, 0.4) is 0 Å². The lowest BCUT2D eigenvalue weighted by molar-refractivity contribution is -0.139. The first-order valence-electron chi connectivity index (χ1n) is 5.85. The van der Waals surface area contributed by atoms with Gasteiger partial charge in [-0.05, 0) is 30.5 Å². The minimum atomic E-state index is -0.714. The van der Waals surface area contributed by atoms with Crippen molar-refractivity contribution in [3.63, 3.8) is 0 Å². The number of nitrogens with zero attached hydrogens (tertiary/aromatic N) is 1. The van der Waals surface area contributed by atoms with Crippen LogP contribution in [0.5, 0.6) is 0 Å². The molecule has 17 heavy (non-hydrogen) atoms. The van der Waals surface area contributed by atoms with Gasteiger partial charge in [0.1, 0.15) is 0 Å². The summed E-state index contributed by atoms with van der Waals surface area (Å²) in [5.41, 5.74) is 2.89. The van der Waals surface area contributed by atoms with Crippen molar-refractivity contribution in [2.75, 3.05) is 0 Å². The Kier molecular flexibility index (Phi) is 2.18. The molecule has 0 unspecified atom stereocenters. The Bertz CT molecular complexity index is 570. The predicted molar refractivity (Wildman–Crippen MR) is 63.9 cm³/mol. The fourth-order valence-electron chi connectivity index (χ4n) is 2.73. The van der Waals surface area contributed by atoms with Crippen molar-refractivity contribution in [1.82, 2.24) is 9.97 Å². The summed E-state index contributed by atoms with van der Waals surface area (Å²) in [6, 6.07) is 6.03. The third-order valence-corrected chi connectivity index (χ3v) is 3.83. The predicted octanol–water partition coefficient (Wildman–Crippen LogP) is 2.46. The number of carbonyl (C=O) groups is 1. The Balaban J connectivity index is 2.03. The van der Waals surface area contributed by atoms with Gasteiger partial charge in [-0.25, -0.2) is 4.98 Å². The number of carboxylic acid groups (broad SMARTS) is 1. The Morgan fingerprint density at radius 3 is 2.94 bits per heavy atom. The van der Waals surface area contributed by atoms with E-state index in [1.807, 2.05) is 18.2 Å². The summed E-state index contributed by atoms with van der Waals surface area (Å²) in [7, 11) is 0. The molecule has 2 aromatic rings. The molecule has 1 heterocycles. The van der Waals surface area contributed by atoms with Gasteiger partial charge in [0.05, 0.1) is 23.8 Å². The van der Waals surface area contributed by atoms with Crippen LogP contribution in [0.25, 0.3) is 11.0 Å². The van der Waals surface area contributed by atoms with E-state index >= 15 is 0 Å². The summed E-state index contributed by atoms with van der Waals surface area (Å²) in [5, 5.41) is 9.03. The highest BCUT2D eigenvalue weighted by Gasteiger charge is 2.40. The Morgan fingerprint density at radius 1 is 1.47 bits per heavy atom. The zero-order valence-corrected chi connectivity index (χ0v) is 9.44. The maximum atomic E-state index is 11.0. The van der Waals surface area contributed by atoms with Gasteiger partial charge >= 0.3 is 5.97 Å². The van der Waals surface area contributed by atoms with Gasteiger partial charge < -0.3 is 10.1 Å². The summed E-state index contributed by atoms with van der Waals surface area (Å²) in [5.74, 6) is -0.714. The van der Waals surface area contributed by atoms with E-state index in [4.69, 9.17) is 5.11 Å². The maximum absolute atomic E-state index is 11.0. The molecule has 0 saturated heterocycles. The summed E-state index contributed by atoms with van der Waals surface area (Å²) in [6.07, 6.45) is 4.96. The zero-order chi connectivity index (χ0) is 11.9. The van der Waals surface area contributed by atoms with Crippen molar-refractivity contribution in [3.8, 4) is 0 Å². The molecule has 88 valence electrons. The molecule has 1 aliphatic carbocycles.